The van der Waals surface area contributed by atoms with E-state index >= 15 is 0 Å². The van der Waals surface area contributed by atoms with E-state index in [2.05, 4.69) is 10.1 Å². The maximum atomic E-state index is 12.7. The Morgan fingerprint density at radius 3 is 2.48 bits per heavy atom. The van der Waals surface area contributed by atoms with Crippen molar-refractivity contribution in [2.75, 3.05) is 26.7 Å². The smallest absolute Gasteiger partial charge is 0.266 e. The van der Waals surface area contributed by atoms with E-state index in [0.29, 0.717) is 38.5 Å². The van der Waals surface area contributed by atoms with Gasteiger partial charge in [-0.1, -0.05) is 0 Å². The van der Waals surface area contributed by atoms with Crippen LogP contribution in [0.15, 0.2) is 41.5 Å². The number of carbonyl (C=O) groups is 2. The highest BCUT2D eigenvalue weighted by Crippen LogP contribution is 2.24. The van der Waals surface area contributed by atoms with Crippen LogP contribution in [-0.4, -0.2) is 63.1 Å². The first kappa shape index (κ1) is 19.3. The van der Waals surface area contributed by atoms with Crippen molar-refractivity contribution >= 4 is 11.8 Å². The van der Waals surface area contributed by atoms with E-state index in [1.54, 1.807) is 36.5 Å². The zero-order valence-corrected chi connectivity index (χ0v) is 16.5. The predicted molar refractivity (Wildman–Crippen MR) is 107 cm³/mol. The zero-order chi connectivity index (χ0) is 20.4. The minimum Gasteiger partial charge on any atom is -0.345 e. The Hall–Kier alpha value is -3.03. The lowest BCUT2D eigenvalue weighted by Gasteiger charge is -2.33. The number of hydrogen-bond donors (Lipinski definition) is 0. The first-order chi connectivity index (χ1) is 14.0. The zero-order valence-electron chi connectivity index (χ0n) is 16.5. The number of aromatic nitrogens is 3. The molecule has 2 aromatic rings. The summed E-state index contributed by atoms with van der Waals surface area (Å²) in [5.74, 6) is 0.198. The molecule has 152 valence electrons. The van der Waals surface area contributed by atoms with Gasteiger partial charge in [0.25, 0.3) is 5.56 Å². The number of carbonyl (C=O) groups excluding carboxylic acids is 2. The van der Waals surface area contributed by atoms with Crippen LogP contribution in [0.3, 0.4) is 0 Å². The summed E-state index contributed by atoms with van der Waals surface area (Å²) >= 11 is 0. The lowest BCUT2D eigenvalue weighted by atomic mass is 9.95. The van der Waals surface area contributed by atoms with E-state index in [0.717, 1.165) is 24.1 Å². The van der Waals surface area contributed by atoms with Crippen LogP contribution < -0.4 is 5.56 Å². The van der Waals surface area contributed by atoms with Gasteiger partial charge in [-0.05, 0) is 37.0 Å². The lowest BCUT2D eigenvalue weighted by molar-refractivity contribution is -0.137. The van der Waals surface area contributed by atoms with Crippen molar-refractivity contribution in [1.82, 2.24) is 24.6 Å². The highest BCUT2D eigenvalue weighted by atomic mass is 16.2. The normalized spacial score (nSPS) is 20.3. The summed E-state index contributed by atoms with van der Waals surface area (Å²) in [7, 11) is 1.74. The number of piperidine rings is 1. The fourth-order valence-electron chi connectivity index (χ4n) is 4.12. The molecule has 4 heterocycles. The summed E-state index contributed by atoms with van der Waals surface area (Å²) in [6.45, 7) is 2.39. The summed E-state index contributed by atoms with van der Waals surface area (Å²) in [5.41, 5.74) is 1.55. The second kappa shape index (κ2) is 8.14. The van der Waals surface area contributed by atoms with Crippen molar-refractivity contribution in [3.8, 4) is 11.3 Å². The number of amides is 2. The van der Waals surface area contributed by atoms with Gasteiger partial charge in [-0.25, -0.2) is 4.68 Å². The van der Waals surface area contributed by atoms with Crippen LogP contribution in [0.4, 0.5) is 0 Å². The Bertz CT molecular complexity index is 950. The van der Waals surface area contributed by atoms with Crippen LogP contribution in [0.5, 0.6) is 0 Å². The van der Waals surface area contributed by atoms with Crippen molar-refractivity contribution in [3.05, 3.63) is 47.0 Å². The van der Waals surface area contributed by atoms with Crippen molar-refractivity contribution in [3.63, 3.8) is 0 Å². The van der Waals surface area contributed by atoms with Crippen molar-refractivity contribution in [2.24, 2.45) is 11.8 Å². The van der Waals surface area contributed by atoms with Gasteiger partial charge >= 0.3 is 0 Å². The van der Waals surface area contributed by atoms with E-state index in [-0.39, 0.29) is 23.3 Å². The molecule has 0 spiro atoms. The molecule has 2 saturated heterocycles. The molecule has 0 saturated carbocycles. The molecule has 1 atom stereocenters. The van der Waals surface area contributed by atoms with Gasteiger partial charge in [-0.3, -0.25) is 19.4 Å². The molecule has 2 aliphatic rings. The summed E-state index contributed by atoms with van der Waals surface area (Å²) in [6, 6.07) is 7.02. The summed E-state index contributed by atoms with van der Waals surface area (Å²) in [4.78, 5) is 44.2. The van der Waals surface area contributed by atoms with Gasteiger partial charge in [0.2, 0.25) is 11.8 Å². The Labute approximate surface area is 169 Å². The monoisotopic (exact) mass is 395 g/mol. The van der Waals surface area contributed by atoms with Gasteiger partial charge in [0.1, 0.15) is 0 Å². The third kappa shape index (κ3) is 4.21. The number of rotatable bonds is 4. The molecule has 0 aliphatic carbocycles. The molecule has 0 bridgehead atoms. The largest absolute Gasteiger partial charge is 0.345 e. The maximum Gasteiger partial charge on any atom is 0.266 e. The topological polar surface area (TPSA) is 88.4 Å². The lowest BCUT2D eigenvalue weighted by Crippen LogP contribution is -2.43. The Morgan fingerprint density at radius 2 is 1.83 bits per heavy atom. The molecule has 0 aromatic carbocycles. The number of hydrogen-bond acceptors (Lipinski definition) is 5. The molecule has 0 radical (unpaired) electrons. The molecule has 2 fully saturated rings. The van der Waals surface area contributed by atoms with Crippen LogP contribution in [0.1, 0.15) is 19.3 Å². The van der Waals surface area contributed by atoms with Gasteiger partial charge in [0.05, 0.1) is 11.6 Å². The molecular weight excluding hydrogens is 370 g/mol. The number of pyridine rings is 1. The summed E-state index contributed by atoms with van der Waals surface area (Å²) < 4.78 is 1.53. The highest BCUT2D eigenvalue weighted by molar-refractivity contribution is 5.89. The first-order valence-corrected chi connectivity index (χ1v) is 10.0. The number of nitrogens with zero attached hydrogens (tertiary/aromatic N) is 5. The quantitative estimate of drug-likeness (QED) is 0.771. The SMILES string of the molecule is CN1CC(C(=O)N2CCC(Cn3nc(-c4ccncc4)ccc3=O)CC2)CC1=O. The third-order valence-corrected chi connectivity index (χ3v) is 5.89. The molecule has 2 amide bonds. The molecule has 2 aromatic heterocycles. The molecular formula is C21H25N5O3. The van der Waals surface area contributed by atoms with Crippen LogP contribution in [0.2, 0.25) is 0 Å². The molecule has 1 unspecified atom stereocenters. The molecule has 2 aliphatic heterocycles. The second-order valence-electron chi connectivity index (χ2n) is 7.92. The predicted octanol–water partition coefficient (Wildman–Crippen LogP) is 1.02. The van der Waals surface area contributed by atoms with Crippen molar-refractivity contribution in [2.45, 2.75) is 25.8 Å². The maximum absolute atomic E-state index is 12.7. The summed E-state index contributed by atoms with van der Waals surface area (Å²) in [5, 5.41) is 4.52. The van der Waals surface area contributed by atoms with Gasteiger partial charge in [-0.15, -0.1) is 0 Å². The molecule has 8 heteroatoms. The molecule has 4 rings (SSSR count). The first-order valence-electron chi connectivity index (χ1n) is 10.0. The average Bonchev–Trinajstić information content (AvgIpc) is 3.09. The van der Waals surface area contributed by atoms with Gasteiger partial charge in [0, 0.05) is 63.7 Å². The average molecular weight is 395 g/mol. The van der Waals surface area contributed by atoms with E-state index in [4.69, 9.17) is 0 Å². The minimum atomic E-state index is -0.217. The van der Waals surface area contributed by atoms with Crippen molar-refractivity contribution < 1.29 is 9.59 Å². The minimum absolute atomic E-state index is 0.0396. The number of likely N-dealkylation sites (tertiary alicyclic amines) is 2. The van der Waals surface area contributed by atoms with Gasteiger partial charge in [-0.2, -0.15) is 5.10 Å². The fourth-order valence-corrected chi connectivity index (χ4v) is 4.12. The third-order valence-electron chi connectivity index (χ3n) is 5.89. The van der Waals surface area contributed by atoms with E-state index in [1.165, 1.54) is 4.68 Å². The fraction of sp³-hybridized carbons (Fsp3) is 0.476. The Morgan fingerprint density at radius 1 is 1.10 bits per heavy atom. The van der Waals surface area contributed by atoms with Crippen LogP contribution in [0, 0.1) is 11.8 Å². The molecule has 29 heavy (non-hydrogen) atoms. The highest BCUT2D eigenvalue weighted by Gasteiger charge is 2.35. The van der Waals surface area contributed by atoms with E-state index in [1.807, 2.05) is 17.0 Å². The molecule has 8 nitrogen and oxygen atoms in total. The van der Waals surface area contributed by atoms with Crippen LogP contribution in [-0.2, 0) is 16.1 Å². The van der Waals surface area contributed by atoms with Crippen LogP contribution in [0.25, 0.3) is 11.3 Å². The standard InChI is InChI=1S/C21H25N5O3/c1-24-14-17(12-20(24)28)21(29)25-10-6-15(7-11-25)13-26-19(27)3-2-18(23-26)16-4-8-22-9-5-16/h2-5,8-9,15,17H,6-7,10-14H2,1H3. The van der Waals surface area contributed by atoms with Gasteiger partial charge in [0.15, 0.2) is 0 Å². The van der Waals surface area contributed by atoms with E-state index < -0.39 is 0 Å². The Balaban J connectivity index is 1.37. The van der Waals surface area contributed by atoms with Gasteiger partial charge < -0.3 is 9.80 Å². The Kier molecular flexibility index (Phi) is 5.42. The van der Waals surface area contributed by atoms with Crippen LogP contribution >= 0.6 is 0 Å². The summed E-state index contributed by atoms with van der Waals surface area (Å²) in [6.07, 6.45) is 5.38. The van der Waals surface area contributed by atoms with Crippen molar-refractivity contribution in [1.29, 1.82) is 0 Å². The van der Waals surface area contributed by atoms with E-state index in [9.17, 15) is 14.4 Å². The molecule has 0 N–H and O–H groups in total. The second-order valence-corrected chi connectivity index (χ2v) is 7.92.